The van der Waals surface area contributed by atoms with Crippen LogP contribution in [-0.4, -0.2) is 20.1 Å². The fourth-order valence-corrected chi connectivity index (χ4v) is 3.56. The molecule has 0 heterocycles. The molecular weight excluding hydrogens is 310 g/mol. The normalized spacial score (nSPS) is 12.8. The third-order valence-electron chi connectivity index (χ3n) is 3.57. The van der Waals surface area contributed by atoms with Crippen LogP contribution in [0.3, 0.4) is 0 Å². The molecule has 0 radical (unpaired) electrons. The van der Waals surface area contributed by atoms with Gasteiger partial charge >= 0.3 is 0 Å². The van der Waals surface area contributed by atoms with E-state index in [0.29, 0.717) is 0 Å². The molecule has 0 bridgehead atoms. The minimum absolute atomic E-state index is 0.153. The van der Waals surface area contributed by atoms with E-state index in [1.807, 2.05) is 44.2 Å². The summed E-state index contributed by atoms with van der Waals surface area (Å²) in [6, 6.07) is 17.4. The molecule has 0 aromatic heterocycles. The number of amides is 1. The Morgan fingerprint density at radius 3 is 2.00 bits per heavy atom. The smallest absolute Gasteiger partial charge is 0.236 e. The van der Waals surface area contributed by atoms with E-state index in [-0.39, 0.29) is 16.9 Å². The van der Waals surface area contributed by atoms with Gasteiger partial charge in [-0.2, -0.15) is 0 Å². The lowest BCUT2D eigenvalue weighted by molar-refractivity contribution is -0.119. The van der Waals surface area contributed by atoms with Gasteiger partial charge in [-0.05, 0) is 23.6 Å². The highest BCUT2D eigenvalue weighted by atomic mass is 32.2. The maximum atomic E-state index is 12.3. The van der Waals surface area contributed by atoms with E-state index in [0.717, 1.165) is 5.56 Å². The van der Waals surface area contributed by atoms with E-state index >= 15 is 0 Å². The van der Waals surface area contributed by atoms with Crippen LogP contribution in [0.15, 0.2) is 65.6 Å². The SMILES string of the molecule is CC(C)C(NC(=O)CS(=O)(=O)c1ccccc1)c1ccccc1. The number of benzene rings is 2. The molecule has 122 valence electrons. The van der Waals surface area contributed by atoms with Gasteiger partial charge in [-0.1, -0.05) is 62.4 Å². The van der Waals surface area contributed by atoms with Gasteiger partial charge in [-0.25, -0.2) is 8.42 Å². The molecule has 0 saturated heterocycles. The Morgan fingerprint density at radius 2 is 1.48 bits per heavy atom. The molecular formula is C18H21NO3S. The maximum Gasteiger partial charge on any atom is 0.236 e. The molecule has 4 nitrogen and oxygen atoms in total. The lowest BCUT2D eigenvalue weighted by Crippen LogP contribution is -2.35. The van der Waals surface area contributed by atoms with Gasteiger partial charge in [0.1, 0.15) is 5.75 Å². The summed E-state index contributed by atoms with van der Waals surface area (Å²) in [4.78, 5) is 12.4. The van der Waals surface area contributed by atoms with E-state index < -0.39 is 21.5 Å². The fourth-order valence-electron chi connectivity index (χ4n) is 2.39. The predicted octanol–water partition coefficient (Wildman–Crippen LogP) is 2.97. The second-order valence-electron chi connectivity index (χ2n) is 5.77. The van der Waals surface area contributed by atoms with Crippen LogP contribution < -0.4 is 5.32 Å². The van der Waals surface area contributed by atoms with E-state index in [1.165, 1.54) is 12.1 Å². The number of sulfone groups is 1. The van der Waals surface area contributed by atoms with E-state index in [4.69, 9.17) is 0 Å². The minimum Gasteiger partial charge on any atom is -0.348 e. The summed E-state index contributed by atoms with van der Waals surface area (Å²) in [6.07, 6.45) is 0. The second-order valence-corrected chi connectivity index (χ2v) is 7.76. The van der Waals surface area contributed by atoms with Gasteiger partial charge in [0, 0.05) is 0 Å². The van der Waals surface area contributed by atoms with Crippen LogP contribution in [0.1, 0.15) is 25.5 Å². The van der Waals surface area contributed by atoms with Crippen molar-refractivity contribution in [2.45, 2.75) is 24.8 Å². The standard InChI is InChI=1S/C18H21NO3S/c1-14(2)18(15-9-5-3-6-10-15)19-17(20)13-23(21,22)16-11-7-4-8-12-16/h3-12,14,18H,13H2,1-2H3,(H,19,20). The summed E-state index contributed by atoms with van der Waals surface area (Å²) in [7, 11) is -3.63. The number of nitrogens with one attached hydrogen (secondary N) is 1. The van der Waals surface area contributed by atoms with Crippen molar-refractivity contribution in [1.29, 1.82) is 0 Å². The highest BCUT2D eigenvalue weighted by Crippen LogP contribution is 2.21. The molecule has 1 atom stereocenters. The van der Waals surface area contributed by atoms with Crippen molar-refractivity contribution in [1.82, 2.24) is 5.32 Å². The first kappa shape index (κ1) is 17.2. The zero-order chi connectivity index (χ0) is 16.9. The summed E-state index contributed by atoms with van der Waals surface area (Å²) >= 11 is 0. The Hall–Kier alpha value is -2.14. The van der Waals surface area contributed by atoms with Crippen LogP contribution >= 0.6 is 0 Å². The molecule has 5 heteroatoms. The predicted molar refractivity (Wildman–Crippen MR) is 90.7 cm³/mol. The topological polar surface area (TPSA) is 63.2 Å². The van der Waals surface area contributed by atoms with Gasteiger partial charge in [-0.3, -0.25) is 4.79 Å². The molecule has 1 N–H and O–H groups in total. The van der Waals surface area contributed by atoms with Gasteiger partial charge in [0.2, 0.25) is 5.91 Å². The monoisotopic (exact) mass is 331 g/mol. The van der Waals surface area contributed by atoms with Crippen molar-refractivity contribution in [2.75, 3.05) is 5.75 Å². The molecule has 0 aliphatic rings. The lowest BCUT2D eigenvalue weighted by Gasteiger charge is -2.23. The van der Waals surface area contributed by atoms with E-state index in [2.05, 4.69) is 5.32 Å². The summed E-state index contributed by atoms with van der Waals surface area (Å²) in [6.45, 7) is 3.98. The first-order valence-corrected chi connectivity index (χ1v) is 9.17. The van der Waals surface area contributed by atoms with Crippen LogP contribution in [0.2, 0.25) is 0 Å². The van der Waals surface area contributed by atoms with Crippen LogP contribution in [0.5, 0.6) is 0 Å². The average Bonchev–Trinajstić information content (AvgIpc) is 2.53. The van der Waals surface area contributed by atoms with Gasteiger partial charge in [0.15, 0.2) is 9.84 Å². The van der Waals surface area contributed by atoms with Gasteiger partial charge in [0.25, 0.3) is 0 Å². The lowest BCUT2D eigenvalue weighted by atomic mass is 9.96. The van der Waals surface area contributed by atoms with E-state index in [9.17, 15) is 13.2 Å². The van der Waals surface area contributed by atoms with Crippen LogP contribution in [-0.2, 0) is 14.6 Å². The summed E-state index contributed by atoms with van der Waals surface area (Å²) in [5, 5.41) is 2.84. The number of rotatable bonds is 6. The highest BCUT2D eigenvalue weighted by Gasteiger charge is 2.23. The van der Waals surface area contributed by atoms with Gasteiger partial charge in [-0.15, -0.1) is 0 Å². The van der Waals surface area contributed by atoms with Crippen molar-refractivity contribution in [3.8, 4) is 0 Å². The van der Waals surface area contributed by atoms with Crippen LogP contribution in [0.25, 0.3) is 0 Å². The van der Waals surface area contributed by atoms with Crippen molar-refractivity contribution in [2.24, 2.45) is 5.92 Å². The quantitative estimate of drug-likeness (QED) is 0.885. The zero-order valence-corrected chi connectivity index (χ0v) is 14.1. The Balaban J connectivity index is 2.11. The molecule has 2 aromatic rings. The Morgan fingerprint density at radius 1 is 0.957 bits per heavy atom. The summed E-state index contributed by atoms with van der Waals surface area (Å²) < 4.78 is 24.5. The molecule has 23 heavy (non-hydrogen) atoms. The molecule has 0 spiro atoms. The zero-order valence-electron chi connectivity index (χ0n) is 13.3. The molecule has 1 amide bonds. The highest BCUT2D eigenvalue weighted by molar-refractivity contribution is 7.92. The van der Waals surface area contributed by atoms with E-state index in [1.54, 1.807) is 18.2 Å². The first-order valence-electron chi connectivity index (χ1n) is 7.52. The number of carbonyl (C=O) groups excluding carboxylic acids is 1. The van der Waals surface area contributed by atoms with Crippen molar-refractivity contribution >= 4 is 15.7 Å². The van der Waals surface area contributed by atoms with Gasteiger partial charge < -0.3 is 5.32 Å². The third kappa shape index (κ3) is 4.66. The summed E-state index contributed by atoms with van der Waals surface area (Å²) in [5.74, 6) is -0.884. The number of hydrogen-bond acceptors (Lipinski definition) is 3. The Bertz CT molecular complexity index is 740. The minimum atomic E-state index is -3.63. The molecule has 2 aromatic carbocycles. The Labute approximate surface area is 137 Å². The maximum absolute atomic E-state index is 12.3. The molecule has 0 aliphatic carbocycles. The van der Waals surface area contributed by atoms with Crippen molar-refractivity contribution < 1.29 is 13.2 Å². The van der Waals surface area contributed by atoms with Crippen molar-refractivity contribution in [3.63, 3.8) is 0 Å². The average molecular weight is 331 g/mol. The second kappa shape index (κ2) is 7.42. The number of hydrogen-bond donors (Lipinski definition) is 1. The first-order chi connectivity index (χ1) is 10.9. The van der Waals surface area contributed by atoms with Crippen LogP contribution in [0.4, 0.5) is 0 Å². The molecule has 1 unspecified atom stereocenters. The van der Waals surface area contributed by atoms with Gasteiger partial charge in [0.05, 0.1) is 10.9 Å². The van der Waals surface area contributed by atoms with Crippen molar-refractivity contribution in [3.05, 3.63) is 66.2 Å². The fraction of sp³-hybridized carbons (Fsp3) is 0.278. The third-order valence-corrected chi connectivity index (χ3v) is 5.20. The molecule has 0 fully saturated rings. The van der Waals surface area contributed by atoms with Crippen LogP contribution in [0, 0.1) is 5.92 Å². The molecule has 0 aliphatic heterocycles. The Kier molecular flexibility index (Phi) is 5.55. The molecule has 0 saturated carbocycles. The summed E-state index contributed by atoms with van der Waals surface area (Å²) in [5.41, 5.74) is 0.966. The molecule has 2 rings (SSSR count). The largest absolute Gasteiger partial charge is 0.348 e. The number of carbonyl (C=O) groups is 1.